The fourth-order valence-electron chi connectivity index (χ4n) is 2.30. The Bertz CT molecular complexity index is 686. The molecule has 5 heteroatoms. The molecule has 0 fully saturated rings. The van der Waals surface area contributed by atoms with Gasteiger partial charge in [-0.2, -0.15) is 0 Å². The van der Waals surface area contributed by atoms with Gasteiger partial charge in [0, 0.05) is 19.2 Å². The maximum Gasteiger partial charge on any atom is 0.260 e. The highest BCUT2D eigenvalue weighted by molar-refractivity contribution is 5.77. The number of aryl methyl sites for hydroxylation is 1. The van der Waals surface area contributed by atoms with Crippen LogP contribution < -0.4 is 4.74 Å². The average molecular weight is 333 g/mol. The van der Waals surface area contributed by atoms with Crippen LogP contribution in [-0.4, -0.2) is 24.0 Å². The van der Waals surface area contributed by atoms with E-state index in [1.54, 1.807) is 4.90 Å². The Morgan fingerprint density at radius 1 is 1.12 bits per heavy atom. The molecule has 0 aliphatic carbocycles. The second-order valence-electron chi connectivity index (χ2n) is 5.66. The third-order valence-electron chi connectivity index (χ3n) is 3.59. The van der Waals surface area contributed by atoms with Crippen molar-refractivity contribution in [1.82, 2.24) is 4.90 Å². The molecule has 0 saturated heterocycles. The summed E-state index contributed by atoms with van der Waals surface area (Å²) in [7, 11) is 0. The minimum atomic E-state index is -0.816. The largest absolute Gasteiger partial charge is 0.481 e. The molecule has 0 N–H and O–H groups in total. The number of benzene rings is 2. The summed E-state index contributed by atoms with van der Waals surface area (Å²) in [5.41, 5.74) is 2.18. The molecule has 2 rings (SSSR count). The van der Waals surface area contributed by atoms with Gasteiger partial charge in [-0.15, -0.1) is 0 Å². The lowest BCUT2D eigenvalue weighted by atomic mass is 10.1. The fraction of sp³-hybridized carbons (Fsp3) is 0.316. The zero-order valence-electron chi connectivity index (χ0n) is 13.9. The van der Waals surface area contributed by atoms with Crippen LogP contribution in [-0.2, 0) is 11.3 Å². The summed E-state index contributed by atoms with van der Waals surface area (Å²) in [5.74, 6) is -1.86. The molecule has 0 aliphatic rings. The van der Waals surface area contributed by atoms with Gasteiger partial charge < -0.3 is 9.64 Å². The Morgan fingerprint density at radius 2 is 1.83 bits per heavy atom. The van der Waals surface area contributed by atoms with E-state index in [0.29, 0.717) is 13.1 Å². The second kappa shape index (κ2) is 8.43. The molecule has 1 amide bonds. The van der Waals surface area contributed by atoms with Crippen molar-refractivity contribution in [2.24, 2.45) is 0 Å². The van der Waals surface area contributed by atoms with Crippen molar-refractivity contribution in [3.8, 4) is 5.75 Å². The molecule has 128 valence electrons. The summed E-state index contributed by atoms with van der Waals surface area (Å²) < 4.78 is 31.6. The van der Waals surface area contributed by atoms with Crippen molar-refractivity contribution in [3.63, 3.8) is 0 Å². The van der Waals surface area contributed by atoms with Gasteiger partial charge >= 0.3 is 0 Å². The van der Waals surface area contributed by atoms with Crippen LogP contribution in [0, 0.1) is 18.6 Å². The van der Waals surface area contributed by atoms with Crippen molar-refractivity contribution in [2.45, 2.75) is 26.8 Å². The summed E-state index contributed by atoms with van der Waals surface area (Å²) >= 11 is 0. The van der Waals surface area contributed by atoms with Gasteiger partial charge in [-0.1, -0.05) is 36.8 Å². The van der Waals surface area contributed by atoms with E-state index in [1.807, 2.05) is 38.1 Å². The standard InChI is InChI=1S/C19H21F2NO2/c1-3-10-22(12-15-6-4-14(2)5-7-15)19(23)13-24-18-9-8-16(20)11-17(18)21/h4-9,11H,3,10,12-13H2,1-2H3. The van der Waals surface area contributed by atoms with Crippen molar-refractivity contribution >= 4 is 5.91 Å². The molecule has 0 bridgehead atoms. The number of nitrogens with zero attached hydrogens (tertiary/aromatic N) is 1. The van der Waals surface area contributed by atoms with Crippen LogP contribution in [0.25, 0.3) is 0 Å². The molecule has 0 aliphatic heterocycles. The molecule has 3 nitrogen and oxygen atoms in total. The van der Waals surface area contributed by atoms with Crippen LogP contribution in [0.15, 0.2) is 42.5 Å². The zero-order valence-corrected chi connectivity index (χ0v) is 13.9. The summed E-state index contributed by atoms with van der Waals surface area (Å²) in [6.45, 7) is 4.76. The number of rotatable bonds is 7. The van der Waals surface area contributed by atoms with Crippen LogP contribution in [0.3, 0.4) is 0 Å². The quantitative estimate of drug-likeness (QED) is 0.764. The third-order valence-corrected chi connectivity index (χ3v) is 3.59. The number of halogens is 2. The second-order valence-corrected chi connectivity index (χ2v) is 5.66. The molecule has 0 unspecified atom stereocenters. The van der Waals surface area contributed by atoms with E-state index in [2.05, 4.69) is 0 Å². The molecule has 24 heavy (non-hydrogen) atoms. The normalized spacial score (nSPS) is 10.5. The molecule has 2 aromatic carbocycles. The Labute approximate surface area is 140 Å². The van der Waals surface area contributed by atoms with E-state index in [4.69, 9.17) is 4.74 Å². The first-order chi connectivity index (χ1) is 11.5. The first-order valence-corrected chi connectivity index (χ1v) is 7.90. The third kappa shape index (κ3) is 5.05. The Hall–Kier alpha value is -2.43. The smallest absolute Gasteiger partial charge is 0.260 e. The number of carbonyl (C=O) groups is 1. The lowest BCUT2D eigenvalue weighted by Gasteiger charge is -2.22. The highest BCUT2D eigenvalue weighted by Gasteiger charge is 2.15. The number of hydrogen-bond donors (Lipinski definition) is 0. The van der Waals surface area contributed by atoms with Gasteiger partial charge in [0.2, 0.25) is 0 Å². The van der Waals surface area contributed by atoms with E-state index in [1.165, 1.54) is 6.07 Å². The molecule has 0 heterocycles. The Balaban J connectivity index is 1.99. The van der Waals surface area contributed by atoms with E-state index in [9.17, 15) is 13.6 Å². The monoisotopic (exact) mass is 333 g/mol. The summed E-state index contributed by atoms with van der Waals surface area (Å²) in [6, 6.07) is 11.0. The van der Waals surface area contributed by atoms with Crippen LogP contribution in [0.1, 0.15) is 24.5 Å². The summed E-state index contributed by atoms with van der Waals surface area (Å²) in [4.78, 5) is 14.0. The van der Waals surface area contributed by atoms with E-state index in [0.717, 1.165) is 29.7 Å². The lowest BCUT2D eigenvalue weighted by Crippen LogP contribution is -2.35. The highest BCUT2D eigenvalue weighted by atomic mass is 19.1. The van der Waals surface area contributed by atoms with Crippen molar-refractivity contribution in [2.75, 3.05) is 13.2 Å². The maximum atomic E-state index is 13.5. The van der Waals surface area contributed by atoms with Gasteiger partial charge in [-0.25, -0.2) is 8.78 Å². The predicted octanol–water partition coefficient (Wildman–Crippen LogP) is 4.09. The Kier molecular flexibility index (Phi) is 6.29. The first-order valence-electron chi connectivity index (χ1n) is 7.90. The van der Waals surface area contributed by atoms with E-state index < -0.39 is 11.6 Å². The van der Waals surface area contributed by atoms with Crippen LogP contribution in [0.4, 0.5) is 8.78 Å². The van der Waals surface area contributed by atoms with Gasteiger partial charge in [0.05, 0.1) is 0 Å². The van der Waals surface area contributed by atoms with Crippen molar-refractivity contribution < 1.29 is 18.3 Å². The minimum Gasteiger partial charge on any atom is -0.481 e. The SMILES string of the molecule is CCCN(Cc1ccc(C)cc1)C(=O)COc1ccc(F)cc1F. The molecular weight excluding hydrogens is 312 g/mol. The molecule has 2 aromatic rings. The van der Waals surface area contributed by atoms with E-state index >= 15 is 0 Å². The first kappa shape index (κ1) is 17.9. The van der Waals surface area contributed by atoms with Crippen LogP contribution >= 0.6 is 0 Å². The van der Waals surface area contributed by atoms with Crippen molar-refractivity contribution in [1.29, 1.82) is 0 Å². The Morgan fingerprint density at radius 3 is 2.46 bits per heavy atom. The minimum absolute atomic E-state index is 0.128. The van der Waals surface area contributed by atoms with E-state index in [-0.39, 0.29) is 18.3 Å². The molecule has 0 atom stereocenters. The maximum absolute atomic E-state index is 13.5. The molecule has 0 aromatic heterocycles. The van der Waals surface area contributed by atoms with Crippen LogP contribution in [0.5, 0.6) is 5.75 Å². The molecule has 0 radical (unpaired) electrons. The number of ether oxygens (including phenoxy) is 1. The van der Waals surface area contributed by atoms with Crippen LogP contribution in [0.2, 0.25) is 0 Å². The number of amides is 1. The summed E-state index contributed by atoms with van der Waals surface area (Å²) in [6.07, 6.45) is 0.808. The fourth-order valence-corrected chi connectivity index (χ4v) is 2.30. The highest BCUT2D eigenvalue weighted by Crippen LogP contribution is 2.18. The van der Waals surface area contributed by atoms with Gasteiger partial charge in [0.15, 0.2) is 18.2 Å². The number of carbonyl (C=O) groups excluding carboxylic acids is 1. The number of hydrogen-bond acceptors (Lipinski definition) is 2. The average Bonchev–Trinajstić information content (AvgIpc) is 2.55. The zero-order chi connectivity index (χ0) is 17.5. The molecule has 0 spiro atoms. The predicted molar refractivity (Wildman–Crippen MR) is 88.7 cm³/mol. The molecular formula is C19H21F2NO2. The topological polar surface area (TPSA) is 29.5 Å². The van der Waals surface area contributed by atoms with Gasteiger partial charge in [-0.05, 0) is 31.0 Å². The van der Waals surface area contributed by atoms with Gasteiger partial charge in [-0.3, -0.25) is 4.79 Å². The van der Waals surface area contributed by atoms with Gasteiger partial charge in [0.25, 0.3) is 5.91 Å². The van der Waals surface area contributed by atoms with Crippen molar-refractivity contribution in [3.05, 3.63) is 65.2 Å². The lowest BCUT2D eigenvalue weighted by molar-refractivity contribution is -0.134. The molecule has 0 saturated carbocycles. The summed E-state index contributed by atoms with van der Waals surface area (Å²) in [5, 5.41) is 0. The van der Waals surface area contributed by atoms with Gasteiger partial charge in [0.1, 0.15) is 5.82 Å².